The summed E-state index contributed by atoms with van der Waals surface area (Å²) in [5.41, 5.74) is 0.417. The van der Waals surface area contributed by atoms with Crippen LogP contribution in [0, 0.1) is 5.82 Å². The summed E-state index contributed by atoms with van der Waals surface area (Å²) >= 11 is 0. The summed E-state index contributed by atoms with van der Waals surface area (Å²) in [6.07, 6.45) is 6.47. The lowest BCUT2D eigenvalue weighted by Gasteiger charge is -2.16. The largest absolute Gasteiger partial charge is 0.353 e. The lowest BCUT2D eigenvalue weighted by molar-refractivity contribution is -0.129. The maximum Gasteiger partial charge on any atom is 0.229 e. The summed E-state index contributed by atoms with van der Waals surface area (Å²) in [5, 5.41) is 5.51. The molecule has 0 aromatic heterocycles. The average Bonchev–Trinajstić information content (AvgIpc) is 2.75. The van der Waals surface area contributed by atoms with E-state index in [0.29, 0.717) is 5.56 Å². The van der Waals surface area contributed by atoms with Crippen molar-refractivity contribution in [3.05, 3.63) is 35.6 Å². The summed E-state index contributed by atoms with van der Waals surface area (Å²) in [6, 6.07) is 6.46. The fraction of sp³-hybridized carbons (Fsp3) is 0.529. The van der Waals surface area contributed by atoms with Crippen LogP contribution in [0.15, 0.2) is 24.3 Å². The lowest BCUT2D eigenvalue weighted by atomic mass is 10.1. The van der Waals surface area contributed by atoms with E-state index in [-0.39, 0.29) is 36.6 Å². The molecular weight excluding hydrogens is 283 g/mol. The van der Waals surface area contributed by atoms with Crippen LogP contribution in [0.5, 0.6) is 0 Å². The maximum atomic E-state index is 13.4. The normalized spacial score (nSPS) is 15.9. The van der Waals surface area contributed by atoms with E-state index in [0.717, 1.165) is 25.7 Å². The zero-order valence-electron chi connectivity index (χ0n) is 12.7. The van der Waals surface area contributed by atoms with Crippen LogP contribution in [0.3, 0.4) is 0 Å². The Labute approximate surface area is 130 Å². The van der Waals surface area contributed by atoms with E-state index in [4.69, 9.17) is 0 Å². The van der Waals surface area contributed by atoms with Gasteiger partial charge in [0.15, 0.2) is 0 Å². The summed E-state index contributed by atoms with van der Waals surface area (Å²) in [6.45, 7) is 0.0994. The Hall–Kier alpha value is -1.91. The molecule has 0 aliphatic heterocycles. The van der Waals surface area contributed by atoms with Crippen molar-refractivity contribution in [2.24, 2.45) is 0 Å². The molecule has 2 N–H and O–H groups in total. The van der Waals surface area contributed by atoms with Crippen LogP contribution < -0.4 is 10.6 Å². The van der Waals surface area contributed by atoms with Gasteiger partial charge in [0, 0.05) is 18.2 Å². The minimum atomic E-state index is -0.380. The minimum absolute atomic E-state index is 0.0994. The zero-order valence-corrected chi connectivity index (χ0v) is 12.7. The van der Waals surface area contributed by atoms with Crippen molar-refractivity contribution in [1.29, 1.82) is 0 Å². The van der Waals surface area contributed by atoms with E-state index in [1.165, 1.54) is 18.9 Å². The minimum Gasteiger partial charge on any atom is -0.353 e. The highest BCUT2D eigenvalue weighted by Gasteiger charge is 2.16. The Kier molecular flexibility index (Phi) is 6.37. The fourth-order valence-electron chi connectivity index (χ4n) is 2.75. The highest BCUT2D eigenvalue weighted by atomic mass is 19.1. The number of amides is 2. The van der Waals surface area contributed by atoms with Gasteiger partial charge in [0.25, 0.3) is 0 Å². The van der Waals surface area contributed by atoms with E-state index < -0.39 is 0 Å². The topological polar surface area (TPSA) is 58.2 Å². The molecule has 1 aromatic carbocycles. The number of hydrogen-bond acceptors (Lipinski definition) is 2. The number of hydrogen-bond donors (Lipinski definition) is 2. The molecule has 0 spiro atoms. The van der Waals surface area contributed by atoms with Crippen molar-refractivity contribution >= 4 is 11.8 Å². The van der Waals surface area contributed by atoms with Crippen LogP contribution in [0.2, 0.25) is 0 Å². The van der Waals surface area contributed by atoms with Crippen LogP contribution in [-0.2, 0) is 16.1 Å². The van der Waals surface area contributed by atoms with Crippen LogP contribution in [-0.4, -0.2) is 17.9 Å². The van der Waals surface area contributed by atoms with Gasteiger partial charge in [-0.2, -0.15) is 0 Å². The van der Waals surface area contributed by atoms with Crippen molar-refractivity contribution in [2.75, 3.05) is 0 Å². The Morgan fingerprint density at radius 2 is 1.73 bits per heavy atom. The van der Waals surface area contributed by atoms with Crippen LogP contribution >= 0.6 is 0 Å². The van der Waals surface area contributed by atoms with Crippen LogP contribution in [0.1, 0.15) is 50.5 Å². The lowest BCUT2D eigenvalue weighted by Crippen LogP contribution is -2.37. The second kappa shape index (κ2) is 8.51. The number of carbonyl (C=O) groups is 2. The van der Waals surface area contributed by atoms with Gasteiger partial charge in [-0.25, -0.2) is 4.39 Å². The van der Waals surface area contributed by atoms with E-state index in [1.807, 2.05) is 0 Å². The van der Waals surface area contributed by atoms with Gasteiger partial charge in [-0.15, -0.1) is 0 Å². The molecular formula is C17H23FN2O2. The molecule has 1 aliphatic rings. The number of rotatable bonds is 5. The van der Waals surface area contributed by atoms with E-state index in [9.17, 15) is 14.0 Å². The number of nitrogens with one attached hydrogen (secondary N) is 2. The van der Waals surface area contributed by atoms with E-state index >= 15 is 0 Å². The molecule has 2 rings (SSSR count). The van der Waals surface area contributed by atoms with Crippen molar-refractivity contribution < 1.29 is 14.0 Å². The predicted octanol–water partition coefficient (Wildman–Crippen LogP) is 2.67. The molecule has 1 aromatic rings. The molecule has 0 saturated heterocycles. The van der Waals surface area contributed by atoms with Gasteiger partial charge in [0.2, 0.25) is 11.8 Å². The van der Waals surface area contributed by atoms with Crippen LogP contribution in [0.25, 0.3) is 0 Å². The van der Waals surface area contributed by atoms with Gasteiger partial charge in [0.1, 0.15) is 12.2 Å². The highest BCUT2D eigenvalue weighted by molar-refractivity contribution is 5.96. The van der Waals surface area contributed by atoms with Crippen molar-refractivity contribution in [2.45, 2.75) is 57.5 Å². The summed E-state index contributed by atoms with van der Waals surface area (Å²) < 4.78 is 13.4. The molecule has 0 atom stereocenters. The molecule has 22 heavy (non-hydrogen) atoms. The molecule has 0 heterocycles. The molecule has 0 unspecified atom stereocenters. The third kappa shape index (κ3) is 5.47. The number of benzene rings is 1. The Morgan fingerprint density at radius 3 is 2.41 bits per heavy atom. The summed E-state index contributed by atoms with van der Waals surface area (Å²) in [4.78, 5) is 23.6. The second-order valence-electron chi connectivity index (χ2n) is 5.80. The SMILES string of the molecule is O=C(CC(=O)NC1CCCCCC1)NCc1ccccc1F. The molecule has 1 aliphatic carbocycles. The van der Waals surface area contributed by atoms with Gasteiger partial charge in [0.05, 0.1) is 0 Å². The molecule has 0 bridgehead atoms. The van der Waals surface area contributed by atoms with E-state index in [1.54, 1.807) is 18.2 Å². The standard InChI is InChI=1S/C17H23FN2O2/c18-15-10-6-5-7-13(15)12-19-16(21)11-17(22)20-14-8-3-1-2-4-9-14/h5-7,10,14H,1-4,8-9,11-12H2,(H,19,21)(H,20,22). The predicted molar refractivity (Wildman–Crippen MR) is 82.5 cm³/mol. The molecule has 1 fully saturated rings. The second-order valence-corrected chi connectivity index (χ2v) is 5.80. The fourth-order valence-corrected chi connectivity index (χ4v) is 2.75. The first kappa shape index (κ1) is 16.5. The molecule has 5 heteroatoms. The molecule has 120 valence electrons. The van der Waals surface area contributed by atoms with E-state index in [2.05, 4.69) is 10.6 Å². The zero-order chi connectivity index (χ0) is 15.8. The first-order valence-corrected chi connectivity index (χ1v) is 7.94. The number of carbonyl (C=O) groups excluding carboxylic acids is 2. The maximum absolute atomic E-state index is 13.4. The molecule has 1 saturated carbocycles. The van der Waals surface area contributed by atoms with Crippen molar-refractivity contribution in [3.8, 4) is 0 Å². The van der Waals surface area contributed by atoms with Gasteiger partial charge in [-0.1, -0.05) is 43.9 Å². The molecule has 0 radical (unpaired) electrons. The Bertz CT molecular complexity index is 511. The monoisotopic (exact) mass is 306 g/mol. The third-order valence-electron chi connectivity index (χ3n) is 3.98. The van der Waals surface area contributed by atoms with Crippen molar-refractivity contribution in [1.82, 2.24) is 10.6 Å². The first-order valence-electron chi connectivity index (χ1n) is 7.94. The third-order valence-corrected chi connectivity index (χ3v) is 3.98. The first-order chi connectivity index (χ1) is 10.6. The van der Waals surface area contributed by atoms with Crippen molar-refractivity contribution in [3.63, 3.8) is 0 Å². The summed E-state index contributed by atoms with van der Waals surface area (Å²) in [5.74, 6) is -0.988. The van der Waals surface area contributed by atoms with Gasteiger partial charge in [-0.3, -0.25) is 9.59 Å². The van der Waals surface area contributed by atoms with Gasteiger partial charge < -0.3 is 10.6 Å². The summed E-state index contributed by atoms with van der Waals surface area (Å²) in [7, 11) is 0. The smallest absolute Gasteiger partial charge is 0.229 e. The molecule has 4 nitrogen and oxygen atoms in total. The molecule has 2 amide bonds. The quantitative estimate of drug-likeness (QED) is 0.649. The van der Waals surface area contributed by atoms with Gasteiger partial charge in [-0.05, 0) is 18.9 Å². The van der Waals surface area contributed by atoms with Gasteiger partial charge >= 0.3 is 0 Å². The average molecular weight is 306 g/mol. The number of halogens is 1. The van der Waals surface area contributed by atoms with Crippen LogP contribution in [0.4, 0.5) is 4.39 Å². The Balaban J connectivity index is 1.72. The Morgan fingerprint density at radius 1 is 1.05 bits per heavy atom. The highest BCUT2D eigenvalue weighted by Crippen LogP contribution is 2.17.